The van der Waals surface area contributed by atoms with Crippen LogP contribution in [0.15, 0.2) is 0 Å². The van der Waals surface area contributed by atoms with Gasteiger partial charge in [0.25, 0.3) is 0 Å². The summed E-state index contributed by atoms with van der Waals surface area (Å²) in [5, 5.41) is 9.90. The van der Waals surface area contributed by atoms with Crippen LogP contribution in [-0.4, -0.2) is 36.2 Å². The van der Waals surface area contributed by atoms with Crippen LogP contribution in [0.3, 0.4) is 0 Å². The van der Waals surface area contributed by atoms with Crippen LogP contribution in [0, 0.1) is 17.8 Å². The number of piperidine rings is 1. The van der Waals surface area contributed by atoms with E-state index in [1.807, 2.05) is 0 Å². The van der Waals surface area contributed by atoms with E-state index in [1.165, 1.54) is 12.8 Å². The Morgan fingerprint density at radius 3 is 2.17 bits per heavy atom. The highest BCUT2D eigenvalue weighted by atomic mass is 16.3. The Hall–Kier alpha value is -0.0800. The second kappa shape index (κ2) is 3.00. The maximum absolute atomic E-state index is 9.90. The second-order valence-corrected chi connectivity index (χ2v) is 4.81. The van der Waals surface area contributed by atoms with E-state index in [1.54, 1.807) is 0 Å². The van der Waals surface area contributed by atoms with Gasteiger partial charge in [0.1, 0.15) is 0 Å². The maximum atomic E-state index is 9.90. The van der Waals surface area contributed by atoms with Crippen molar-refractivity contribution in [1.82, 2.24) is 4.90 Å². The zero-order valence-electron chi connectivity index (χ0n) is 8.03. The number of hydrogen-bond acceptors (Lipinski definition) is 2. The Kier molecular flexibility index (Phi) is 2.13. The topological polar surface area (TPSA) is 23.5 Å². The first kappa shape index (κ1) is 8.52. The van der Waals surface area contributed by atoms with Gasteiger partial charge in [-0.05, 0) is 37.6 Å². The predicted molar refractivity (Wildman–Crippen MR) is 48.9 cm³/mol. The number of likely N-dealkylation sites (tertiary alicyclic amines) is 1. The quantitative estimate of drug-likeness (QED) is 0.584. The number of aliphatic hydroxyl groups excluding tert-OH is 1. The Balaban J connectivity index is 2.08. The fourth-order valence-corrected chi connectivity index (χ4v) is 3.03. The van der Waals surface area contributed by atoms with Crippen LogP contribution in [0.2, 0.25) is 0 Å². The van der Waals surface area contributed by atoms with E-state index in [-0.39, 0.29) is 6.10 Å². The standard InChI is InChI=1S/C10H19NO/c1-7-3-8-5-11(2)6-9(4-7)10(8)12/h7-10,12H,3-6H2,1-2H3. The fourth-order valence-electron chi connectivity index (χ4n) is 3.03. The average molecular weight is 169 g/mol. The summed E-state index contributed by atoms with van der Waals surface area (Å²) in [6.07, 6.45) is 2.45. The summed E-state index contributed by atoms with van der Waals surface area (Å²) < 4.78 is 0. The third-order valence-electron chi connectivity index (χ3n) is 3.47. The summed E-state index contributed by atoms with van der Waals surface area (Å²) in [5.41, 5.74) is 0. The highest BCUT2D eigenvalue weighted by Gasteiger charge is 2.39. The fraction of sp³-hybridized carbons (Fsp3) is 1.00. The lowest BCUT2D eigenvalue weighted by molar-refractivity contribution is -0.0568. The molecule has 2 aliphatic rings. The second-order valence-electron chi connectivity index (χ2n) is 4.81. The van der Waals surface area contributed by atoms with Crippen LogP contribution >= 0.6 is 0 Å². The molecule has 0 aromatic carbocycles. The van der Waals surface area contributed by atoms with Crippen molar-refractivity contribution in [3.8, 4) is 0 Å². The molecule has 1 saturated heterocycles. The van der Waals surface area contributed by atoms with Crippen molar-refractivity contribution in [2.24, 2.45) is 17.8 Å². The number of nitrogens with zero attached hydrogens (tertiary/aromatic N) is 1. The van der Waals surface area contributed by atoms with Gasteiger partial charge in [0, 0.05) is 13.1 Å². The van der Waals surface area contributed by atoms with E-state index in [4.69, 9.17) is 0 Å². The van der Waals surface area contributed by atoms with Gasteiger partial charge in [0.2, 0.25) is 0 Å². The SMILES string of the molecule is CC1CC2CN(C)CC(C1)C2O. The van der Waals surface area contributed by atoms with Crippen LogP contribution in [0.5, 0.6) is 0 Å². The minimum atomic E-state index is -0.00241. The lowest BCUT2D eigenvalue weighted by atomic mass is 9.71. The van der Waals surface area contributed by atoms with E-state index in [2.05, 4.69) is 18.9 Å². The third kappa shape index (κ3) is 1.38. The van der Waals surface area contributed by atoms with Gasteiger partial charge in [0.05, 0.1) is 6.10 Å². The summed E-state index contributed by atoms with van der Waals surface area (Å²) in [6, 6.07) is 0. The molecule has 2 bridgehead atoms. The molecule has 2 unspecified atom stereocenters. The first-order chi connectivity index (χ1) is 5.66. The zero-order valence-corrected chi connectivity index (χ0v) is 8.03. The van der Waals surface area contributed by atoms with Crippen molar-refractivity contribution in [3.63, 3.8) is 0 Å². The smallest absolute Gasteiger partial charge is 0.0621 e. The van der Waals surface area contributed by atoms with Gasteiger partial charge < -0.3 is 10.0 Å². The van der Waals surface area contributed by atoms with Crippen LogP contribution in [-0.2, 0) is 0 Å². The van der Waals surface area contributed by atoms with Crippen molar-refractivity contribution < 1.29 is 5.11 Å². The molecule has 12 heavy (non-hydrogen) atoms. The highest BCUT2D eigenvalue weighted by Crippen LogP contribution is 2.37. The third-order valence-corrected chi connectivity index (χ3v) is 3.47. The number of hydrogen-bond donors (Lipinski definition) is 1. The van der Waals surface area contributed by atoms with E-state index in [9.17, 15) is 5.11 Å². The van der Waals surface area contributed by atoms with E-state index < -0.39 is 0 Å². The minimum Gasteiger partial charge on any atom is -0.392 e. The van der Waals surface area contributed by atoms with Gasteiger partial charge in [0.15, 0.2) is 0 Å². The summed E-state index contributed by atoms with van der Waals surface area (Å²) in [6.45, 7) is 4.52. The molecule has 0 aromatic rings. The molecule has 1 saturated carbocycles. The lowest BCUT2D eigenvalue weighted by Crippen LogP contribution is -2.51. The van der Waals surface area contributed by atoms with Crippen molar-refractivity contribution in [2.75, 3.05) is 20.1 Å². The van der Waals surface area contributed by atoms with Gasteiger partial charge in [-0.25, -0.2) is 0 Å². The Labute approximate surface area is 74.6 Å². The van der Waals surface area contributed by atoms with Gasteiger partial charge in [-0.1, -0.05) is 6.92 Å². The molecule has 0 spiro atoms. The zero-order chi connectivity index (χ0) is 8.72. The molecule has 1 aliphatic heterocycles. The van der Waals surface area contributed by atoms with E-state index >= 15 is 0 Å². The minimum absolute atomic E-state index is 0.00241. The van der Waals surface area contributed by atoms with Gasteiger partial charge in [-0.3, -0.25) is 0 Å². The monoisotopic (exact) mass is 169 g/mol. The average Bonchev–Trinajstić information content (AvgIpc) is 1.94. The summed E-state index contributed by atoms with van der Waals surface area (Å²) in [7, 11) is 2.17. The van der Waals surface area contributed by atoms with Gasteiger partial charge in [-0.2, -0.15) is 0 Å². The summed E-state index contributed by atoms with van der Waals surface area (Å²) >= 11 is 0. The maximum Gasteiger partial charge on any atom is 0.0621 e. The Bertz CT molecular complexity index is 141. The molecule has 2 heteroatoms. The van der Waals surface area contributed by atoms with Crippen LogP contribution in [0.1, 0.15) is 19.8 Å². The molecule has 0 aromatic heterocycles. The molecule has 1 N–H and O–H groups in total. The highest BCUT2D eigenvalue weighted by molar-refractivity contribution is 4.91. The predicted octanol–water partition coefficient (Wildman–Crippen LogP) is 0.955. The molecule has 2 rings (SSSR count). The van der Waals surface area contributed by atoms with Gasteiger partial charge in [-0.15, -0.1) is 0 Å². The number of aliphatic hydroxyl groups is 1. The first-order valence-electron chi connectivity index (χ1n) is 5.03. The molecular weight excluding hydrogens is 150 g/mol. The molecule has 2 fully saturated rings. The van der Waals surface area contributed by atoms with E-state index in [0.29, 0.717) is 11.8 Å². The van der Waals surface area contributed by atoms with Crippen LogP contribution in [0.4, 0.5) is 0 Å². The molecular formula is C10H19NO. The number of fused-ring (bicyclic) bond motifs is 2. The normalized spacial score (nSPS) is 49.2. The molecule has 70 valence electrons. The van der Waals surface area contributed by atoms with Crippen molar-refractivity contribution in [3.05, 3.63) is 0 Å². The molecule has 1 heterocycles. The molecule has 0 amide bonds. The summed E-state index contributed by atoms with van der Waals surface area (Å²) in [4.78, 5) is 2.37. The Morgan fingerprint density at radius 1 is 1.17 bits per heavy atom. The largest absolute Gasteiger partial charge is 0.392 e. The number of rotatable bonds is 0. The van der Waals surface area contributed by atoms with Crippen molar-refractivity contribution in [2.45, 2.75) is 25.9 Å². The summed E-state index contributed by atoms with van der Waals surface area (Å²) in [5.74, 6) is 1.94. The molecule has 2 atom stereocenters. The Morgan fingerprint density at radius 2 is 1.67 bits per heavy atom. The van der Waals surface area contributed by atoms with Crippen LogP contribution < -0.4 is 0 Å². The van der Waals surface area contributed by atoms with Crippen molar-refractivity contribution >= 4 is 0 Å². The molecule has 1 aliphatic carbocycles. The molecule has 2 nitrogen and oxygen atoms in total. The lowest BCUT2D eigenvalue weighted by Gasteiger charge is -2.46. The first-order valence-corrected chi connectivity index (χ1v) is 5.03. The van der Waals surface area contributed by atoms with Crippen molar-refractivity contribution in [1.29, 1.82) is 0 Å². The van der Waals surface area contributed by atoms with Crippen LogP contribution in [0.25, 0.3) is 0 Å². The van der Waals surface area contributed by atoms with E-state index in [0.717, 1.165) is 19.0 Å². The molecule has 0 radical (unpaired) electrons. The van der Waals surface area contributed by atoms with Gasteiger partial charge >= 0.3 is 0 Å².